The third-order valence-electron chi connectivity index (χ3n) is 5.17. The molecule has 7 heteroatoms. The van der Waals surface area contributed by atoms with Crippen molar-refractivity contribution < 1.29 is 8.94 Å². The predicted octanol–water partition coefficient (Wildman–Crippen LogP) is 3.47. The Morgan fingerprint density at radius 3 is 2.72 bits per heavy atom. The lowest BCUT2D eigenvalue weighted by Gasteiger charge is -2.34. The van der Waals surface area contributed by atoms with E-state index in [4.69, 9.17) is 8.94 Å². The Morgan fingerprint density at radius 1 is 1.12 bits per heavy atom. The summed E-state index contributed by atoms with van der Waals surface area (Å²) in [4.78, 5) is 7.04. The van der Waals surface area contributed by atoms with Crippen LogP contribution in [-0.4, -0.2) is 38.3 Å². The summed E-state index contributed by atoms with van der Waals surface area (Å²) in [6.07, 6.45) is 5.43. The van der Waals surface area contributed by atoms with Crippen molar-refractivity contribution in [1.29, 1.82) is 0 Å². The maximum atomic E-state index is 5.88. The molecular formula is C18H27N5O2. The molecule has 0 amide bonds. The molecule has 0 radical (unpaired) electrons. The fourth-order valence-electron chi connectivity index (χ4n) is 3.50. The highest BCUT2D eigenvalue weighted by Crippen LogP contribution is 2.40. The monoisotopic (exact) mass is 345 g/mol. The molecule has 25 heavy (non-hydrogen) atoms. The summed E-state index contributed by atoms with van der Waals surface area (Å²) >= 11 is 0. The topological polar surface area (TPSA) is 81.1 Å². The Balaban J connectivity index is 1.41. The molecule has 2 aromatic rings. The zero-order valence-electron chi connectivity index (χ0n) is 15.3. The molecule has 7 nitrogen and oxygen atoms in total. The molecule has 2 aliphatic rings. The van der Waals surface area contributed by atoms with E-state index < -0.39 is 0 Å². The van der Waals surface area contributed by atoms with Crippen molar-refractivity contribution in [2.75, 3.05) is 13.1 Å². The molecule has 1 aliphatic heterocycles. The van der Waals surface area contributed by atoms with E-state index in [0.717, 1.165) is 50.0 Å². The van der Waals surface area contributed by atoms with Crippen LogP contribution in [0, 0.1) is 5.92 Å². The van der Waals surface area contributed by atoms with Crippen LogP contribution in [0.3, 0.4) is 0 Å². The van der Waals surface area contributed by atoms with E-state index in [1.165, 1.54) is 12.8 Å². The lowest BCUT2D eigenvalue weighted by molar-refractivity contribution is 0.134. The number of hydrogen-bond acceptors (Lipinski definition) is 7. The first-order valence-electron chi connectivity index (χ1n) is 9.50. The maximum absolute atomic E-state index is 5.88. The standard InChI is InChI=1S/C18H27N5O2/c1-11(2)9-15-20-21-17(24-15)12(3)23-8-4-5-14(10-23)16-19-18(25-22-16)13-6-7-13/h11-14H,4-10H2,1-3H3/t12-,14+/m0/s1. The Bertz CT molecular complexity index is 706. The van der Waals surface area contributed by atoms with Crippen LogP contribution in [0.1, 0.15) is 87.8 Å². The van der Waals surface area contributed by atoms with Crippen molar-refractivity contribution in [2.45, 2.75) is 70.8 Å². The average Bonchev–Trinajstić information content (AvgIpc) is 3.15. The second-order valence-corrected chi connectivity index (χ2v) is 7.91. The third-order valence-corrected chi connectivity index (χ3v) is 5.17. The van der Waals surface area contributed by atoms with E-state index in [1.807, 2.05) is 0 Å². The van der Waals surface area contributed by atoms with Crippen molar-refractivity contribution in [3.63, 3.8) is 0 Å². The molecule has 1 saturated heterocycles. The van der Waals surface area contributed by atoms with E-state index in [1.54, 1.807) is 0 Å². The second kappa shape index (κ2) is 6.86. The van der Waals surface area contributed by atoms with E-state index >= 15 is 0 Å². The normalized spacial score (nSPS) is 23.3. The fourth-order valence-corrected chi connectivity index (χ4v) is 3.50. The summed E-state index contributed by atoms with van der Waals surface area (Å²) in [6, 6.07) is 0.117. The number of hydrogen-bond donors (Lipinski definition) is 0. The maximum Gasteiger partial charge on any atom is 0.233 e. The summed E-state index contributed by atoms with van der Waals surface area (Å²) < 4.78 is 11.3. The van der Waals surface area contributed by atoms with Crippen LogP contribution in [-0.2, 0) is 6.42 Å². The van der Waals surface area contributed by atoms with E-state index in [-0.39, 0.29) is 6.04 Å². The molecule has 4 rings (SSSR count). The van der Waals surface area contributed by atoms with E-state index in [0.29, 0.717) is 23.6 Å². The molecule has 0 unspecified atom stereocenters. The highest BCUT2D eigenvalue weighted by molar-refractivity contribution is 5.06. The molecule has 1 saturated carbocycles. The third kappa shape index (κ3) is 3.76. The van der Waals surface area contributed by atoms with Crippen LogP contribution in [0.15, 0.2) is 8.94 Å². The molecule has 0 aromatic carbocycles. The highest BCUT2D eigenvalue weighted by Gasteiger charge is 2.33. The quantitative estimate of drug-likeness (QED) is 0.793. The highest BCUT2D eigenvalue weighted by atomic mass is 16.5. The van der Waals surface area contributed by atoms with Gasteiger partial charge in [-0.2, -0.15) is 4.98 Å². The first-order chi connectivity index (χ1) is 12.1. The van der Waals surface area contributed by atoms with Crippen LogP contribution >= 0.6 is 0 Å². The molecular weight excluding hydrogens is 318 g/mol. The molecule has 1 aliphatic carbocycles. The second-order valence-electron chi connectivity index (χ2n) is 7.91. The first-order valence-corrected chi connectivity index (χ1v) is 9.50. The molecule has 2 fully saturated rings. The van der Waals surface area contributed by atoms with Crippen LogP contribution in [0.4, 0.5) is 0 Å². The Labute approximate surface area is 148 Å². The van der Waals surface area contributed by atoms with Gasteiger partial charge < -0.3 is 8.94 Å². The largest absolute Gasteiger partial charge is 0.424 e. The predicted molar refractivity (Wildman–Crippen MR) is 91.1 cm³/mol. The van der Waals surface area contributed by atoms with Crippen molar-refractivity contribution in [1.82, 2.24) is 25.2 Å². The molecule has 2 atom stereocenters. The lowest BCUT2D eigenvalue weighted by Crippen LogP contribution is -2.36. The zero-order valence-corrected chi connectivity index (χ0v) is 15.3. The Kier molecular flexibility index (Phi) is 4.58. The van der Waals surface area contributed by atoms with Gasteiger partial charge in [0.1, 0.15) is 0 Å². The minimum atomic E-state index is 0.117. The molecule has 3 heterocycles. The Morgan fingerprint density at radius 2 is 1.96 bits per heavy atom. The van der Waals surface area contributed by atoms with Gasteiger partial charge in [0.2, 0.25) is 17.7 Å². The summed E-state index contributed by atoms with van der Waals surface area (Å²) in [5, 5.41) is 12.7. The lowest BCUT2D eigenvalue weighted by atomic mass is 9.96. The van der Waals surface area contributed by atoms with Gasteiger partial charge in [0.15, 0.2) is 5.82 Å². The zero-order chi connectivity index (χ0) is 17.4. The van der Waals surface area contributed by atoms with Crippen molar-refractivity contribution in [3.05, 3.63) is 23.5 Å². The number of aromatic nitrogens is 4. The fraction of sp³-hybridized carbons (Fsp3) is 0.778. The SMILES string of the molecule is CC(C)Cc1nnc([C@H](C)N2CCC[C@@H](c3noc(C4CC4)n3)C2)o1. The number of likely N-dealkylation sites (tertiary alicyclic amines) is 1. The smallest absolute Gasteiger partial charge is 0.233 e. The van der Waals surface area contributed by atoms with Gasteiger partial charge in [-0.05, 0) is 45.1 Å². The minimum absolute atomic E-state index is 0.117. The van der Waals surface area contributed by atoms with Crippen molar-refractivity contribution >= 4 is 0 Å². The van der Waals surface area contributed by atoms with Crippen LogP contribution in [0.2, 0.25) is 0 Å². The molecule has 0 bridgehead atoms. The number of rotatable bonds is 6. The summed E-state index contributed by atoms with van der Waals surface area (Å²) in [5.41, 5.74) is 0. The summed E-state index contributed by atoms with van der Waals surface area (Å²) in [5.74, 6) is 4.49. The van der Waals surface area contributed by atoms with Gasteiger partial charge >= 0.3 is 0 Å². The number of piperidine rings is 1. The Hall–Kier alpha value is -1.76. The van der Waals surface area contributed by atoms with E-state index in [2.05, 4.69) is 46.0 Å². The molecule has 136 valence electrons. The van der Waals surface area contributed by atoms with Gasteiger partial charge in [-0.15, -0.1) is 10.2 Å². The van der Waals surface area contributed by atoms with E-state index in [9.17, 15) is 0 Å². The number of nitrogens with zero attached hydrogens (tertiary/aromatic N) is 5. The van der Waals surface area contributed by atoms with Crippen molar-refractivity contribution in [2.24, 2.45) is 5.92 Å². The van der Waals surface area contributed by atoms with Crippen molar-refractivity contribution in [3.8, 4) is 0 Å². The van der Waals surface area contributed by atoms with Crippen LogP contribution in [0.25, 0.3) is 0 Å². The van der Waals surface area contributed by atoms with Crippen LogP contribution in [0.5, 0.6) is 0 Å². The summed E-state index contributed by atoms with van der Waals surface area (Å²) in [6.45, 7) is 8.40. The molecule has 0 N–H and O–H groups in total. The minimum Gasteiger partial charge on any atom is -0.424 e. The van der Waals surface area contributed by atoms with Crippen LogP contribution < -0.4 is 0 Å². The van der Waals surface area contributed by atoms with Gasteiger partial charge in [-0.1, -0.05) is 19.0 Å². The average molecular weight is 345 g/mol. The molecule has 0 spiro atoms. The first kappa shape index (κ1) is 16.7. The van der Waals surface area contributed by atoms with Gasteiger partial charge in [0.05, 0.1) is 6.04 Å². The van der Waals surface area contributed by atoms with Gasteiger partial charge in [-0.25, -0.2) is 0 Å². The molecule has 2 aromatic heterocycles. The summed E-state index contributed by atoms with van der Waals surface area (Å²) in [7, 11) is 0. The van der Waals surface area contributed by atoms with Gasteiger partial charge in [-0.3, -0.25) is 4.90 Å². The van der Waals surface area contributed by atoms with Gasteiger partial charge in [0.25, 0.3) is 0 Å². The van der Waals surface area contributed by atoms with Gasteiger partial charge in [0, 0.05) is 24.8 Å².